The Kier molecular flexibility index (Phi) is 10.8. The van der Waals surface area contributed by atoms with Gasteiger partial charge in [0.05, 0.1) is 0 Å². The molecule has 0 aliphatic carbocycles. The topological polar surface area (TPSA) is 41.3 Å². The molecule has 0 saturated heterocycles. The summed E-state index contributed by atoms with van der Waals surface area (Å²) in [7, 11) is 0. The maximum Gasteiger partial charge on any atom is 0.0237 e. The molecule has 3 nitrogen and oxygen atoms in total. The molecule has 0 radical (unpaired) electrons. The van der Waals surface area contributed by atoms with Crippen LogP contribution in [0, 0.1) is 0 Å². The molecule has 0 bridgehead atoms. The molecular weight excluding hydrogens is 282 g/mol. The third-order valence-corrected chi connectivity index (χ3v) is 3.44. The molecule has 0 amide bonds. The number of nitrogens with one attached hydrogen (secondary N) is 1. The fourth-order valence-corrected chi connectivity index (χ4v) is 2.33. The summed E-state index contributed by atoms with van der Waals surface area (Å²) >= 11 is 0. The van der Waals surface area contributed by atoms with E-state index in [1.54, 1.807) is 0 Å². The van der Waals surface area contributed by atoms with Gasteiger partial charge in [-0.1, -0.05) is 74.5 Å². The van der Waals surface area contributed by atoms with Crippen LogP contribution >= 0.6 is 0 Å². The maximum atomic E-state index is 5.70. The first-order chi connectivity index (χ1) is 11.3. The van der Waals surface area contributed by atoms with Crippen molar-refractivity contribution in [3.05, 3.63) is 71.8 Å². The smallest absolute Gasteiger partial charge is 0.0237 e. The van der Waals surface area contributed by atoms with Gasteiger partial charge in [-0.2, -0.15) is 0 Å². The molecule has 3 N–H and O–H groups in total. The number of benzene rings is 2. The van der Waals surface area contributed by atoms with Gasteiger partial charge in [0.25, 0.3) is 0 Å². The first-order valence-electron chi connectivity index (χ1n) is 8.51. The van der Waals surface area contributed by atoms with E-state index in [0.29, 0.717) is 6.54 Å². The molecule has 0 saturated carbocycles. The highest BCUT2D eigenvalue weighted by Gasteiger charge is 2.05. The van der Waals surface area contributed by atoms with Crippen molar-refractivity contribution in [1.29, 1.82) is 0 Å². The average Bonchev–Trinajstić information content (AvgIpc) is 2.58. The van der Waals surface area contributed by atoms with E-state index >= 15 is 0 Å². The highest BCUT2D eigenvalue weighted by Crippen LogP contribution is 2.09. The lowest BCUT2D eigenvalue weighted by Crippen LogP contribution is -2.28. The Morgan fingerprint density at radius 2 is 1.22 bits per heavy atom. The Balaban J connectivity index is 0.000000463. The number of rotatable bonds is 8. The van der Waals surface area contributed by atoms with E-state index in [2.05, 4.69) is 72.6 Å². The minimum absolute atomic E-state index is 0.694. The second-order valence-corrected chi connectivity index (χ2v) is 5.43. The van der Waals surface area contributed by atoms with Crippen LogP contribution in [-0.4, -0.2) is 31.1 Å². The Labute approximate surface area is 141 Å². The van der Waals surface area contributed by atoms with Crippen molar-refractivity contribution in [2.75, 3.05) is 26.2 Å². The lowest BCUT2D eigenvalue weighted by molar-refractivity contribution is 0.264. The number of hydrogen-bond acceptors (Lipinski definition) is 3. The van der Waals surface area contributed by atoms with Crippen LogP contribution in [0.3, 0.4) is 0 Å². The first kappa shape index (κ1) is 19.4. The Bertz CT molecular complexity index is 441. The van der Waals surface area contributed by atoms with E-state index in [0.717, 1.165) is 32.7 Å². The monoisotopic (exact) mass is 313 g/mol. The largest absolute Gasteiger partial charge is 0.329 e. The van der Waals surface area contributed by atoms with Crippen molar-refractivity contribution in [3.63, 3.8) is 0 Å². The van der Waals surface area contributed by atoms with Gasteiger partial charge in [-0.3, -0.25) is 4.90 Å². The van der Waals surface area contributed by atoms with Gasteiger partial charge < -0.3 is 11.1 Å². The lowest BCUT2D eigenvalue weighted by atomic mass is 10.1. The van der Waals surface area contributed by atoms with E-state index < -0.39 is 0 Å². The average molecular weight is 313 g/mol. The molecule has 0 fully saturated rings. The molecule has 0 unspecified atom stereocenters. The highest BCUT2D eigenvalue weighted by atomic mass is 15.1. The molecule has 2 aromatic rings. The fraction of sp³-hybridized carbons (Fsp3) is 0.400. The zero-order valence-corrected chi connectivity index (χ0v) is 14.5. The third-order valence-electron chi connectivity index (χ3n) is 3.44. The summed E-state index contributed by atoms with van der Waals surface area (Å²) in [6.07, 6.45) is 0. The summed E-state index contributed by atoms with van der Waals surface area (Å²) < 4.78 is 0. The minimum atomic E-state index is 0.694. The van der Waals surface area contributed by atoms with Gasteiger partial charge in [0.1, 0.15) is 0 Å². The molecule has 0 atom stereocenters. The van der Waals surface area contributed by atoms with Gasteiger partial charge in [0.15, 0.2) is 0 Å². The van der Waals surface area contributed by atoms with Crippen molar-refractivity contribution in [1.82, 2.24) is 10.2 Å². The zero-order chi connectivity index (χ0) is 16.8. The highest BCUT2D eigenvalue weighted by molar-refractivity contribution is 5.17. The molecule has 0 aliphatic heterocycles. The minimum Gasteiger partial charge on any atom is -0.329 e. The summed E-state index contributed by atoms with van der Waals surface area (Å²) in [5, 5.41) is 3.11. The van der Waals surface area contributed by atoms with Crippen molar-refractivity contribution in [3.8, 4) is 0 Å². The fourth-order valence-electron chi connectivity index (χ4n) is 2.33. The maximum absolute atomic E-state index is 5.70. The summed E-state index contributed by atoms with van der Waals surface area (Å²) in [5.74, 6) is 0. The van der Waals surface area contributed by atoms with E-state index in [1.807, 2.05) is 12.1 Å². The summed E-state index contributed by atoms with van der Waals surface area (Å²) in [6.45, 7) is 9.91. The molecule has 126 valence electrons. The number of nitrogens with two attached hydrogens (primary N) is 1. The Hall–Kier alpha value is -1.68. The summed E-state index contributed by atoms with van der Waals surface area (Å²) in [4.78, 5) is 2.38. The molecule has 23 heavy (non-hydrogen) atoms. The van der Waals surface area contributed by atoms with Gasteiger partial charge in [-0.25, -0.2) is 0 Å². The zero-order valence-electron chi connectivity index (χ0n) is 14.5. The van der Waals surface area contributed by atoms with Crippen LogP contribution in [0.25, 0.3) is 0 Å². The number of hydrogen-bond donors (Lipinski definition) is 2. The van der Waals surface area contributed by atoms with Crippen molar-refractivity contribution < 1.29 is 0 Å². The van der Waals surface area contributed by atoms with Crippen molar-refractivity contribution in [2.24, 2.45) is 5.73 Å². The third kappa shape index (κ3) is 9.14. The van der Waals surface area contributed by atoms with Crippen LogP contribution in [0.2, 0.25) is 0 Å². The van der Waals surface area contributed by atoms with Crippen LogP contribution in [-0.2, 0) is 13.1 Å². The van der Waals surface area contributed by atoms with E-state index in [4.69, 9.17) is 5.73 Å². The predicted octanol–water partition coefficient (Wildman–Crippen LogP) is 3.26. The van der Waals surface area contributed by atoms with E-state index in [-0.39, 0.29) is 0 Å². The van der Waals surface area contributed by atoms with Crippen LogP contribution in [0.15, 0.2) is 60.7 Å². The molecule has 0 heterocycles. The van der Waals surface area contributed by atoms with E-state index in [9.17, 15) is 0 Å². The van der Waals surface area contributed by atoms with Crippen molar-refractivity contribution in [2.45, 2.75) is 26.9 Å². The van der Waals surface area contributed by atoms with Gasteiger partial charge >= 0.3 is 0 Å². The normalized spacial score (nSPS) is 10.3. The second kappa shape index (κ2) is 12.8. The van der Waals surface area contributed by atoms with Crippen LogP contribution in [0.1, 0.15) is 25.0 Å². The molecule has 2 rings (SSSR count). The Morgan fingerprint density at radius 3 is 1.52 bits per heavy atom. The standard InChI is InChI=1S/C16H20N2.C4H11N/c17-11-12-18(13-15-7-3-1-4-8-15)14-16-9-5-2-6-10-16;1-3-5-4-2/h1-10H,11-14,17H2;5H,3-4H2,1-2H3. The molecule has 2 aromatic carbocycles. The molecule has 3 heteroatoms. The Morgan fingerprint density at radius 1 is 0.783 bits per heavy atom. The molecular formula is C20H31N3. The van der Waals surface area contributed by atoms with E-state index in [1.165, 1.54) is 11.1 Å². The first-order valence-corrected chi connectivity index (χ1v) is 8.51. The van der Waals surface area contributed by atoms with Gasteiger partial charge in [0, 0.05) is 26.2 Å². The van der Waals surface area contributed by atoms with Crippen LogP contribution < -0.4 is 11.1 Å². The quantitative estimate of drug-likeness (QED) is 0.786. The summed E-state index contributed by atoms with van der Waals surface area (Å²) in [6, 6.07) is 21.1. The van der Waals surface area contributed by atoms with Gasteiger partial charge in [0.2, 0.25) is 0 Å². The predicted molar refractivity (Wildman–Crippen MR) is 100 cm³/mol. The van der Waals surface area contributed by atoms with Gasteiger partial charge in [-0.15, -0.1) is 0 Å². The van der Waals surface area contributed by atoms with Crippen molar-refractivity contribution >= 4 is 0 Å². The molecule has 0 aliphatic rings. The SMILES string of the molecule is CCNCC.NCCN(Cc1ccccc1)Cc1ccccc1. The van der Waals surface area contributed by atoms with Crippen LogP contribution in [0.5, 0.6) is 0 Å². The second-order valence-electron chi connectivity index (χ2n) is 5.43. The lowest BCUT2D eigenvalue weighted by Gasteiger charge is -2.21. The number of nitrogens with zero attached hydrogens (tertiary/aromatic N) is 1. The summed E-state index contributed by atoms with van der Waals surface area (Å²) in [5.41, 5.74) is 8.37. The molecule has 0 aromatic heterocycles. The van der Waals surface area contributed by atoms with Gasteiger partial charge in [-0.05, 0) is 24.2 Å². The van der Waals surface area contributed by atoms with Crippen LogP contribution in [0.4, 0.5) is 0 Å². The molecule has 0 spiro atoms.